The summed E-state index contributed by atoms with van der Waals surface area (Å²) in [6, 6.07) is 5.62. The van der Waals surface area contributed by atoms with E-state index in [2.05, 4.69) is 4.74 Å². The predicted octanol–water partition coefficient (Wildman–Crippen LogP) is 1.40. The third-order valence-electron chi connectivity index (χ3n) is 1.88. The number of hydrogen-bond acceptors (Lipinski definition) is 5. The highest BCUT2D eigenvalue weighted by atomic mass is 16.6. The number of ether oxygens (including phenoxy) is 1. The largest absolute Gasteiger partial charge is 0.465 e. The summed E-state index contributed by atoms with van der Waals surface area (Å²) in [5.74, 6) is 1.02. The molecule has 0 spiro atoms. The molecular formula is C10H8N2O4. The Kier molecular flexibility index (Phi) is 3.53. The van der Waals surface area contributed by atoms with E-state index in [0.717, 1.165) is 7.11 Å². The van der Waals surface area contributed by atoms with Crippen LogP contribution in [0.1, 0.15) is 5.56 Å². The number of para-hydroxylation sites is 1. The minimum atomic E-state index is -0.829. The van der Waals surface area contributed by atoms with Crippen molar-refractivity contribution in [1.82, 2.24) is 0 Å². The van der Waals surface area contributed by atoms with E-state index < -0.39 is 10.9 Å². The fourth-order valence-electron chi connectivity index (χ4n) is 1.17. The Morgan fingerprint density at radius 1 is 1.50 bits per heavy atom. The van der Waals surface area contributed by atoms with E-state index in [1.165, 1.54) is 24.3 Å². The first-order valence-electron chi connectivity index (χ1n) is 4.23. The first-order chi connectivity index (χ1) is 7.61. The number of nitrogens with zero attached hydrogens (tertiary/aromatic N) is 1. The topological polar surface area (TPSA) is 93.3 Å². The zero-order valence-corrected chi connectivity index (χ0v) is 8.39. The van der Waals surface area contributed by atoms with E-state index in [1.807, 2.05) is 5.87 Å². The van der Waals surface area contributed by atoms with Crippen LogP contribution in [-0.4, -0.2) is 23.9 Å². The molecule has 6 nitrogen and oxygen atoms in total. The summed E-state index contributed by atoms with van der Waals surface area (Å²) in [5.41, 5.74) is -0.508. The van der Waals surface area contributed by atoms with Crippen molar-refractivity contribution in [1.29, 1.82) is 5.41 Å². The maximum absolute atomic E-state index is 11.3. The summed E-state index contributed by atoms with van der Waals surface area (Å²) in [6.45, 7) is 0. The first kappa shape index (κ1) is 11.6. The molecule has 6 heteroatoms. The van der Waals surface area contributed by atoms with Gasteiger partial charge in [0, 0.05) is 6.07 Å². The molecular weight excluding hydrogens is 212 g/mol. The van der Waals surface area contributed by atoms with Crippen LogP contribution in [0.4, 0.5) is 5.69 Å². The Morgan fingerprint density at radius 3 is 2.62 bits per heavy atom. The molecule has 0 radical (unpaired) electrons. The molecule has 1 N–H and O–H groups in total. The molecule has 0 saturated heterocycles. The van der Waals surface area contributed by atoms with E-state index >= 15 is 0 Å². The van der Waals surface area contributed by atoms with Gasteiger partial charge in [-0.15, -0.1) is 0 Å². The number of hydrogen-bond donors (Lipinski definition) is 1. The predicted molar refractivity (Wildman–Crippen MR) is 56.2 cm³/mol. The number of nitro groups is 1. The maximum Gasteiger partial charge on any atom is 0.348 e. The van der Waals surface area contributed by atoms with Crippen molar-refractivity contribution in [2.75, 3.05) is 7.11 Å². The van der Waals surface area contributed by atoms with Gasteiger partial charge < -0.3 is 4.74 Å². The van der Waals surface area contributed by atoms with Crippen molar-refractivity contribution in [3.63, 3.8) is 0 Å². The number of carbonyl (C=O) groups is 1. The van der Waals surface area contributed by atoms with Gasteiger partial charge in [0.05, 0.1) is 17.6 Å². The third-order valence-corrected chi connectivity index (χ3v) is 1.88. The highest BCUT2D eigenvalue weighted by Crippen LogP contribution is 2.24. The molecule has 82 valence electrons. The summed E-state index contributed by atoms with van der Waals surface area (Å²) in [6.07, 6.45) is 0. The van der Waals surface area contributed by atoms with Crippen LogP contribution < -0.4 is 0 Å². The van der Waals surface area contributed by atoms with Gasteiger partial charge in [-0.1, -0.05) is 12.1 Å². The molecule has 1 rings (SSSR count). The summed E-state index contributed by atoms with van der Waals surface area (Å²) in [5, 5.41) is 17.7. The molecule has 0 aliphatic heterocycles. The van der Waals surface area contributed by atoms with Gasteiger partial charge >= 0.3 is 5.97 Å². The van der Waals surface area contributed by atoms with Gasteiger partial charge in [-0.05, 0) is 11.9 Å². The van der Waals surface area contributed by atoms with E-state index in [4.69, 9.17) is 5.41 Å². The van der Waals surface area contributed by atoms with E-state index in [1.54, 1.807) is 0 Å². The van der Waals surface area contributed by atoms with Crippen molar-refractivity contribution in [2.45, 2.75) is 0 Å². The molecule has 1 aromatic carbocycles. The fraction of sp³-hybridized carbons (Fsp3) is 0.100. The average molecular weight is 220 g/mol. The number of nitro benzene ring substituents is 1. The Morgan fingerprint density at radius 2 is 2.12 bits per heavy atom. The molecule has 0 saturated carbocycles. The highest BCUT2D eigenvalue weighted by Gasteiger charge is 2.21. The smallest absolute Gasteiger partial charge is 0.348 e. The minimum absolute atomic E-state index is 0.0225. The molecule has 0 aromatic heterocycles. The lowest BCUT2D eigenvalue weighted by Gasteiger charge is -2.02. The number of esters is 1. The Labute approximate surface area is 90.8 Å². The molecule has 0 bridgehead atoms. The number of methoxy groups -OCH3 is 1. The Hall–Kier alpha value is -2.46. The first-order valence-corrected chi connectivity index (χ1v) is 4.23. The summed E-state index contributed by atoms with van der Waals surface area (Å²) < 4.78 is 4.41. The van der Waals surface area contributed by atoms with Gasteiger partial charge in [0.15, 0.2) is 0 Å². The van der Waals surface area contributed by atoms with Crippen LogP contribution in [0.25, 0.3) is 5.57 Å². The number of benzene rings is 1. The second-order valence-corrected chi connectivity index (χ2v) is 2.77. The van der Waals surface area contributed by atoms with Crippen molar-refractivity contribution in [3.8, 4) is 0 Å². The minimum Gasteiger partial charge on any atom is -0.465 e. The zero-order valence-electron chi connectivity index (χ0n) is 8.39. The lowest BCUT2D eigenvalue weighted by Crippen LogP contribution is -2.06. The van der Waals surface area contributed by atoms with Gasteiger partial charge in [0.25, 0.3) is 5.69 Å². The summed E-state index contributed by atoms with van der Waals surface area (Å²) in [4.78, 5) is 21.3. The van der Waals surface area contributed by atoms with Crippen LogP contribution in [0.5, 0.6) is 0 Å². The molecule has 0 aliphatic rings. The summed E-state index contributed by atoms with van der Waals surface area (Å²) in [7, 11) is 1.13. The van der Waals surface area contributed by atoms with Crippen LogP contribution in [0.15, 0.2) is 24.3 Å². The molecule has 0 heterocycles. The second kappa shape index (κ2) is 4.86. The third kappa shape index (κ3) is 2.13. The summed E-state index contributed by atoms with van der Waals surface area (Å²) >= 11 is 0. The Bertz CT molecular complexity index is 489. The zero-order chi connectivity index (χ0) is 12.1. The van der Waals surface area contributed by atoms with Crippen molar-refractivity contribution >= 4 is 23.1 Å². The lowest BCUT2D eigenvalue weighted by atomic mass is 10.1. The van der Waals surface area contributed by atoms with Crippen LogP contribution in [0.3, 0.4) is 0 Å². The molecule has 0 fully saturated rings. The van der Waals surface area contributed by atoms with Gasteiger partial charge in [0.2, 0.25) is 0 Å². The van der Waals surface area contributed by atoms with Gasteiger partial charge in [0.1, 0.15) is 5.57 Å². The second-order valence-electron chi connectivity index (χ2n) is 2.77. The van der Waals surface area contributed by atoms with Crippen molar-refractivity contribution in [2.24, 2.45) is 0 Å². The van der Waals surface area contributed by atoms with Gasteiger partial charge in [-0.2, -0.15) is 0 Å². The molecule has 0 amide bonds. The number of rotatable bonds is 3. The van der Waals surface area contributed by atoms with Crippen molar-refractivity contribution in [3.05, 3.63) is 39.9 Å². The van der Waals surface area contributed by atoms with E-state index in [0.29, 0.717) is 0 Å². The number of nitrogens with one attached hydrogen (secondary N) is 1. The van der Waals surface area contributed by atoms with E-state index in [9.17, 15) is 14.9 Å². The molecule has 0 aliphatic carbocycles. The molecule has 1 aromatic rings. The lowest BCUT2D eigenvalue weighted by molar-refractivity contribution is -0.385. The van der Waals surface area contributed by atoms with Gasteiger partial charge in [-0.25, -0.2) is 4.79 Å². The highest BCUT2D eigenvalue weighted by molar-refractivity contribution is 6.26. The average Bonchev–Trinajstić information content (AvgIpc) is 2.30. The van der Waals surface area contributed by atoms with Crippen LogP contribution in [0.2, 0.25) is 0 Å². The fourth-order valence-corrected chi connectivity index (χ4v) is 1.17. The van der Waals surface area contributed by atoms with Gasteiger partial charge in [-0.3, -0.25) is 15.5 Å². The normalized spacial score (nSPS) is 9.06. The molecule has 0 unspecified atom stereocenters. The maximum atomic E-state index is 11.3. The van der Waals surface area contributed by atoms with Crippen LogP contribution >= 0.6 is 0 Å². The molecule has 0 atom stereocenters. The SMILES string of the molecule is COC(=O)C(=C=N)c1ccccc1[N+](=O)[O-]. The van der Waals surface area contributed by atoms with E-state index in [-0.39, 0.29) is 16.8 Å². The number of carbonyl (C=O) groups excluding carboxylic acids is 1. The van der Waals surface area contributed by atoms with Crippen LogP contribution in [-0.2, 0) is 9.53 Å². The van der Waals surface area contributed by atoms with Crippen LogP contribution in [0, 0.1) is 15.5 Å². The monoisotopic (exact) mass is 220 g/mol. The quantitative estimate of drug-likeness (QED) is 0.274. The molecule has 16 heavy (non-hydrogen) atoms. The van der Waals surface area contributed by atoms with Crippen molar-refractivity contribution < 1.29 is 14.5 Å². The standard InChI is InChI=1S/C10H8N2O4/c1-16-10(13)8(6-11)7-4-2-3-5-9(7)12(14)15/h2-5,11H,1H3. The Balaban J connectivity index is 3.37.